The fraction of sp³-hybridized carbons (Fsp3) is 0.350. The zero-order valence-electron chi connectivity index (χ0n) is 15.7. The van der Waals surface area contributed by atoms with E-state index in [1.54, 1.807) is 31.4 Å². The SMILES string of the molecule is Cn1c(=O)n(CC(=O)OCC2CCCO2)c2ncc(-c3cc(Cl)cc(Cl)c3)cc21. The lowest BCUT2D eigenvalue weighted by molar-refractivity contribution is -0.147. The summed E-state index contributed by atoms with van der Waals surface area (Å²) in [6, 6.07) is 7.01. The molecule has 2 aromatic heterocycles. The Kier molecular flexibility index (Phi) is 5.63. The predicted molar refractivity (Wildman–Crippen MR) is 110 cm³/mol. The van der Waals surface area contributed by atoms with Crippen LogP contribution in [0.4, 0.5) is 0 Å². The lowest BCUT2D eigenvalue weighted by atomic mass is 10.1. The van der Waals surface area contributed by atoms with E-state index in [-0.39, 0.29) is 24.9 Å². The van der Waals surface area contributed by atoms with E-state index in [0.29, 0.717) is 27.8 Å². The van der Waals surface area contributed by atoms with E-state index in [4.69, 9.17) is 32.7 Å². The topological polar surface area (TPSA) is 75.4 Å². The van der Waals surface area contributed by atoms with Crippen molar-refractivity contribution in [3.63, 3.8) is 0 Å². The van der Waals surface area contributed by atoms with Gasteiger partial charge in [-0.05, 0) is 42.7 Å². The molecule has 1 saturated heterocycles. The van der Waals surface area contributed by atoms with E-state index in [2.05, 4.69) is 4.98 Å². The van der Waals surface area contributed by atoms with Gasteiger partial charge in [-0.15, -0.1) is 0 Å². The van der Waals surface area contributed by atoms with Crippen LogP contribution in [0, 0.1) is 0 Å². The van der Waals surface area contributed by atoms with Crippen LogP contribution >= 0.6 is 23.2 Å². The van der Waals surface area contributed by atoms with Crippen LogP contribution in [0.25, 0.3) is 22.3 Å². The number of imidazole rings is 1. The maximum absolute atomic E-state index is 12.7. The summed E-state index contributed by atoms with van der Waals surface area (Å²) in [4.78, 5) is 29.3. The van der Waals surface area contributed by atoms with Crippen LogP contribution in [0.15, 0.2) is 35.3 Å². The monoisotopic (exact) mass is 435 g/mol. The normalized spacial score (nSPS) is 16.4. The number of esters is 1. The molecule has 0 aliphatic carbocycles. The number of aryl methyl sites for hydroxylation is 1. The van der Waals surface area contributed by atoms with Crippen LogP contribution in [-0.4, -0.2) is 39.4 Å². The highest BCUT2D eigenvalue weighted by molar-refractivity contribution is 6.35. The van der Waals surface area contributed by atoms with Gasteiger partial charge in [0.25, 0.3) is 0 Å². The molecular weight excluding hydrogens is 417 g/mol. The molecule has 7 nitrogen and oxygen atoms in total. The Hall–Kier alpha value is -2.35. The van der Waals surface area contributed by atoms with Crippen LogP contribution in [0.3, 0.4) is 0 Å². The molecule has 1 fully saturated rings. The van der Waals surface area contributed by atoms with Gasteiger partial charge in [0.1, 0.15) is 13.2 Å². The van der Waals surface area contributed by atoms with Crippen molar-refractivity contribution in [1.29, 1.82) is 0 Å². The van der Waals surface area contributed by atoms with Crippen molar-refractivity contribution in [1.82, 2.24) is 14.1 Å². The van der Waals surface area contributed by atoms with Gasteiger partial charge in [0.2, 0.25) is 0 Å². The first kappa shape index (κ1) is 19.9. The van der Waals surface area contributed by atoms with E-state index in [1.807, 2.05) is 6.07 Å². The van der Waals surface area contributed by atoms with Gasteiger partial charge in [0.05, 0.1) is 11.6 Å². The molecule has 3 aromatic rings. The number of benzene rings is 1. The molecule has 0 N–H and O–H groups in total. The number of halogens is 2. The molecule has 0 saturated carbocycles. The highest BCUT2D eigenvalue weighted by atomic mass is 35.5. The first-order valence-corrected chi connectivity index (χ1v) is 9.97. The molecule has 1 aliphatic heterocycles. The Morgan fingerprint density at radius 3 is 2.69 bits per heavy atom. The molecule has 9 heteroatoms. The van der Waals surface area contributed by atoms with Crippen molar-refractivity contribution in [2.24, 2.45) is 7.05 Å². The molecule has 0 spiro atoms. The summed E-state index contributed by atoms with van der Waals surface area (Å²) >= 11 is 12.2. The highest BCUT2D eigenvalue weighted by Gasteiger charge is 2.20. The highest BCUT2D eigenvalue weighted by Crippen LogP contribution is 2.28. The Balaban J connectivity index is 1.61. The Labute approximate surface area is 176 Å². The number of ether oxygens (including phenoxy) is 2. The molecule has 0 radical (unpaired) electrons. The van der Waals surface area contributed by atoms with Gasteiger partial charge in [0.15, 0.2) is 5.65 Å². The molecule has 1 unspecified atom stereocenters. The van der Waals surface area contributed by atoms with Crippen LogP contribution in [0.1, 0.15) is 12.8 Å². The third kappa shape index (κ3) is 4.17. The zero-order chi connectivity index (χ0) is 20.5. The fourth-order valence-electron chi connectivity index (χ4n) is 3.43. The third-order valence-corrected chi connectivity index (χ3v) is 5.36. The summed E-state index contributed by atoms with van der Waals surface area (Å²) < 4.78 is 13.5. The first-order chi connectivity index (χ1) is 13.9. The quantitative estimate of drug-likeness (QED) is 0.573. The van der Waals surface area contributed by atoms with Crippen molar-refractivity contribution >= 4 is 40.3 Å². The number of carbonyl (C=O) groups excluding carboxylic acids is 1. The number of hydrogen-bond donors (Lipinski definition) is 0. The molecule has 1 aromatic carbocycles. The second-order valence-corrected chi connectivity index (χ2v) is 7.84. The summed E-state index contributed by atoms with van der Waals surface area (Å²) in [5.74, 6) is -0.498. The van der Waals surface area contributed by atoms with Gasteiger partial charge in [-0.2, -0.15) is 0 Å². The number of aromatic nitrogens is 3. The van der Waals surface area contributed by atoms with Gasteiger partial charge < -0.3 is 9.47 Å². The van der Waals surface area contributed by atoms with Crippen LogP contribution in [0.2, 0.25) is 10.0 Å². The van der Waals surface area contributed by atoms with Gasteiger partial charge in [-0.25, -0.2) is 9.78 Å². The number of hydrogen-bond acceptors (Lipinski definition) is 5. The lowest BCUT2D eigenvalue weighted by Crippen LogP contribution is -2.28. The summed E-state index contributed by atoms with van der Waals surface area (Å²) in [7, 11) is 1.63. The molecule has 0 amide bonds. The van der Waals surface area contributed by atoms with Gasteiger partial charge in [0, 0.05) is 35.5 Å². The van der Waals surface area contributed by atoms with Crippen molar-refractivity contribution in [2.75, 3.05) is 13.2 Å². The van der Waals surface area contributed by atoms with Crippen molar-refractivity contribution < 1.29 is 14.3 Å². The molecule has 3 heterocycles. The van der Waals surface area contributed by atoms with E-state index in [9.17, 15) is 9.59 Å². The number of rotatable bonds is 5. The Morgan fingerprint density at radius 2 is 2.00 bits per heavy atom. The van der Waals surface area contributed by atoms with Crippen LogP contribution in [0.5, 0.6) is 0 Å². The molecule has 0 bridgehead atoms. The van der Waals surface area contributed by atoms with E-state index >= 15 is 0 Å². The van der Waals surface area contributed by atoms with Gasteiger partial charge in [-0.3, -0.25) is 13.9 Å². The third-order valence-electron chi connectivity index (χ3n) is 4.92. The van der Waals surface area contributed by atoms with E-state index in [0.717, 1.165) is 24.0 Å². The zero-order valence-corrected chi connectivity index (χ0v) is 17.2. The second kappa shape index (κ2) is 8.18. The summed E-state index contributed by atoms with van der Waals surface area (Å²) in [5, 5.41) is 1.01. The minimum atomic E-state index is -0.498. The number of carbonyl (C=O) groups is 1. The Morgan fingerprint density at radius 1 is 1.24 bits per heavy atom. The summed E-state index contributed by atoms with van der Waals surface area (Å²) in [5.41, 5.74) is 2.20. The van der Waals surface area contributed by atoms with Gasteiger partial charge >= 0.3 is 11.7 Å². The second-order valence-electron chi connectivity index (χ2n) is 6.97. The average molecular weight is 436 g/mol. The van der Waals surface area contributed by atoms with Crippen LogP contribution < -0.4 is 5.69 Å². The van der Waals surface area contributed by atoms with Crippen molar-refractivity contribution in [2.45, 2.75) is 25.5 Å². The standard InChI is InChI=1S/C20H19Cl2N3O4/c1-24-17-7-13(12-5-14(21)8-15(22)6-12)9-23-19(17)25(20(24)27)10-18(26)29-11-16-3-2-4-28-16/h5-9,16H,2-4,10-11H2,1H3. The molecule has 4 rings (SSSR count). The van der Waals surface area contributed by atoms with E-state index < -0.39 is 5.97 Å². The lowest BCUT2D eigenvalue weighted by Gasteiger charge is -2.10. The summed E-state index contributed by atoms with van der Waals surface area (Å²) in [6.07, 6.45) is 3.40. The van der Waals surface area contributed by atoms with Crippen molar-refractivity contribution in [3.8, 4) is 11.1 Å². The number of nitrogens with zero attached hydrogens (tertiary/aromatic N) is 3. The predicted octanol–water partition coefficient (Wildman–Crippen LogP) is 3.43. The number of fused-ring (bicyclic) bond motifs is 1. The Bertz CT molecular complexity index is 1110. The maximum Gasteiger partial charge on any atom is 0.330 e. The molecular formula is C20H19Cl2N3O4. The summed E-state index contributed by atoms with van der Waals surface area (Å²) in [6.45, 7) is 0.679. The van der Waals surface area contributed by atoms with E-state index in [1.165, 1.54) is 9.13 Å². The number of pyridine rings is 1. The largest absolute Gasteiger partial charge is 0.462 e. The molecule has 1 aliphatic rings. The van der Waals surface area contributed by atoms with Crippen molar-refractivity contribution in [3.05, 3.63) is 51.0 Å². The fourth-order valence-corrected chi connectivity index (χ4v) is 3.96. The molecule has 29 heavy (non-hydrogen) atoms. The molecule has 1 atom stereocenters. The smallest absolute Gasteiger partial charge is 0.330 e. The first-order valence-electron chi connectivity index (χ1n) is 9.21. The minimum absolute atomic E-state index is 0.0617. The maximum atomic E-state index is 12.7. The average Bonchev–Trinajstić information content (AvgIpc) is 3.29. The minimum Gasteiger partial charge on any atom is -0.462 e. The molecule has 152 valence electrons. The van der Waals surface area contributed by atoms with Gasteiger partial charge in [-0.1, -0.05) is 23.2 Å². The van der Waals surface area contributed by atoms with Crippen LogP contribution in [-0.2, 0) is 27.9 Å².